The van der Waals surface area contributed by atoms with Crippen LogP contribution in [0, 0.1) is 17.2 Å². The van der Waals surface area contributed by atoms with E-state index in [0.29, 0.717) is 29.8 Å². The molecule has 25 heavy (non-hydrogen) atoms. The van der Waals surface area contributed by atoms with E-state index in [0.717, 1.165) is 12.8 Å². The van der Waals surface area contributed by atoms with Gasteiger partial charge in [0.25, 0.3) is 5.91 Å². The normalized spacial score (nSPS) is 11.7. The number of aromatic nitrogens is 2. The molecule has 0 bridgehead atoms. The number of hydrogen-bond acceptors (Lipinski definition) is 5. The molecule has 1 aromatic carbocycles. The number of nitrogen functional groups attached to an aromatic ring is 1. The highest BCUT2D eigenvalue weighted by Crippen LogP contribution is 2.17. The van der Waals surface area contributed by atoms with Gasteiger partial charge in [0.2, 0.25) is 0 Å². The Morgan fingerprint density at radius 2 is 2.12 bits per heavy atom. The zero-order valence-corrected chi connectivity index (χ0v) is 14.3. The summed E-state index contributed by atoms with van der Waals surface area (Å²) in [6.07, 6.45) is 4.09. The van der Waals surface area contributed by atoms with Crippen LogP contribution in [0.3, 0.4) is 0 Å². The van der Waals surface area contributed by atoms with Gasteiger partial charge in [-0.15, -0.1) is 0 Å². The minimum absolute atomic E-state index is 0.130. The lowest BCUT2D eigenvalue weighted by atomic mass is 10.00. The van der Waals surface area contributed by atoms with Gasteiger partial charge in [-0.1, -0.05) is 13.3 Å². The van der Waals surface area contributed by atoms with E-state index in [-0.39, 0.29) is 24.2 Å². The first-order valence-electron chi connectivity index (χ1n) is 8.33. The summed E-state index contributed by atoms with van der Waals surface area (Å²) in [7, 11) is 0. The van der Waals surface area contributed by atoms with E-state index in [2.05, 4.69) is 17.3 Å². The van der Waals surface area contributed by atoms with Gasteiger partial charge >= 0.3 is 0 Å². The summed E-state index contributed by atoms with van der Waals surface area (Å²) >= 11 is 0. The van der Waals surface area contributed by atoms with Crippen molar-refractivity contribution >= 4 is 11.7 Å². The quantitative estimate of drug-likeness (QED) is 0.677. The van der Waals surface area contributed by atoms with E-state index in [9.17, 15) is 4.79 Å². The zero-order chi connectivity index (χ0) is 18.2. The molecule has 0 fully saturated rings. The van der Waals surface area contributed by atoms with Gasteiger partial charge in [-0.05, 0) is 43.0 Å². The number of rotatable bonds is 8. The van der Waals surface area contributed by atoms with Crippen LogP contribution >= 0.6 is 0 Å². The fourth-order valence-electron chi connectivity index (χ4n) is 2.68. The molecule has 2 aromatic rings. The Morgan fingerprint density at radius 1 is 1.40 bits per heavy atom. The van der Waals surface area contributed by atoms with Gasteiger partial charge in [-0.2, -0.15) is 10.4 Å². The van der Waals surface area contributed by atoms with E-state index < -0.39 is 0 Å². The Labute approximate surface area is 147 Å². The molecule has 1 amide bonds. The van der Waals surface area contributed by atoms with E-state index in [1.807, 2.05) is 6.07 Å². The minimum atomic E-state index is -0.156. The maximum atomic E-state index is 12.3. The molecule has 0 aliphatic heterocycles. The van der Waals surface area contributed by atoms with Crippen molar-refractivity contribution in [2.24, 2.45) is 5.92 Å². The fourth-order valence-corrected chi connectivity index (χ4v) is 2.68. The number of carbonyl (C=O) groups excluding carboxylic acids is 1. The van der Waals surface area contributed by atoms with Crippen molar-refractivity contribution in [2.75, 3.05) is 18.9 Å². The van der Waals surface area contributed by atoms with E-state index in [4.69, 9.17) is 16.1 Å². The molecule has 1 unspecified atom stereocenters. The average Bonchev–Trinajstić information content (AvgIpc) is 3.00. The summed E-state index contributed by atoms with van der Waals surface area (Å²) in [5, 5.41) is 25.0. The number of nitriles is 1. The molecule has 0 aliphatic rings. The molecule has 0 spiro atoms. The van der Waals surface area contributed by atoms with Crippen molar-refractivity contribution in [3.63, 3.8) is 0 Å². The number of benzene rings is 1. The molecule has 132 valence electrons. The first kappa shape index (κ1) is 18.5. The van der Waals surface area contributed by atoms with Crippen LogP contribution in [-0.2, 0) is 0 Å². The molecule has 4 N–H and O–H groups in total. The lowest BCUT2D eigenvalue weighted by Crippen LogP contribution is -2.29. The molecular weight excluding hydrogens is 318 g/mol. The highest BCUT2D eigenvalue weighted by atomic mass is 16.3. The van der Waals surface area contributed by atoms with Crippen molar-refractivity contribution in [2.45, 2.75) is 26.2 Å². The number of nitrogens with two attached hydrogens (primary N) is 1. The monoisotopic (exact) mass is 341 g/mol. The van der Waals surface area contributed by atoms with Gasteiger partial charge < -0.3 is 16.2 Å². The average molecular weight is 341 g/mol. The summed E-state index contributed by atoms with van der Waals surface area (Å²) in [6, 6.07) is 8.82. The number of hydrogen-bond donors (Lipinski definition) is 3. The Bertz CT molecular complexity index is 740. The van der Waals surface area contributed by atoms with Gasteiger partial charge in [0.1, 0.15) is 17.5 Å². The Hall–Kier alpha value is -2.85. The lowest BCUT2D eigenvalue weighted by Gasteiger charge is -2.15. The first-order valence-corrected chi connectivity index (χ1v) is 8.33. The minimum Gasteiger partial charge on any atom is -0.396 e. The predicted molar refractivity (Wildman–Crippen MR) is 95.1 cm³/mol. The van der Waals surface area contributed by atoms with Crippen LogP contribution in [0.15, 0.2) is 30.5 Å². The van der Waals surface area contributed by atoms with Crippen molar-refractivity contribution in [3.05, 3.63) is 41.6 Å². The second-order valence-electron chi connectivity index (χ2n) is 5.89. The summed E-state index contributed by atoms with van der Waals surface area (Å²) in [5.74, 6) is 0.398. The molecule has 1 heterocycles. The van der Waals surface area contributed by atoms with Crippen LogP contribution in [0.25, 0.3) is 5.69 Å². The molecule has 2 rings (SSSR count). The fraction of sp³-hybridized carbons (Fsp3) is 0.389. The molecule has 1 aromatic heterocycles. The smallest absolute Gasteiger partial charge is 0.251 e. The van der Waals surface area contributed by atoms with Crippen molar-refractivity contribution < 1.29 is 9.90 Å². The topological polar surface area (TPSA) is 117 Å². The summed E-state index contributed by atoms with van der Waals surface area (Å²) < 4.78 is 1.46. The van der Waals surface area contributed by atoms with Gasteiger partial charge in [0, 0.05) is 18.7 Å². The maximum absolute atomic E-state index is 12.3. The third-order valence-corrected chi connectivity index (χ3v) is 4.09. The van der Waals surface area contributed by atoms with Crippen molar-refractivity contribution in [1.82, 2.24) is 15.1 Å². The summed E-state index contributed by atoms with van der Waals surface area (Å²) in [5.41, 5.74) is 7.39. The molecule has 0 saturated heterocycles. The third-order valence-electron chi connectivity index (χ3n) is 4.09. The van der Waals surface area contributed by atoms with E-state index in [1.54, 1.807) is 24.3 Å². The van der Waals surface area contributed by atoms with E-state index in [1.165, 1.54) is 10.9 Å². The van der Waals surface area contributed by atoms with Crippen LogP contribution in [0.1, 0.15) is 42.1 Å². The second-order valence-corrected chi connectivity index (χ2v) is 5.89. The number of nitrogens with zero attached hydrogens (tertiary/aromatic N) is 3. The SMILES string of the molecule is CCCC(CCO)CNC(=O)c1ccc(-n2ncc(C#N)c2N)cc1. The Morgan fingerprint density at radius 3 is 2.68 bits per heavy atom. The van der Waals surface area contributed by atoms with Crippen LogP contribution in [0.2, 0.25) is 0 Å². The van der Waals surface area contributed by atoms with Gasteiger partial charge in [0.05, 0.1) is 11.9 Å². The van der Waals surface area contributed by atoms with Gasteiger partial charge in [0.15, 0.2) is 0 Å². The number of aliphatic hydroxyl groups is 1. The standard InChI is InChI=1S/C18H23N5O2/c1-2-3-13(8-9-24)11-21-18(25)14-4-6-16(7-5-14)23-17(20)15(10-19)12-22-23/h4-7,12-13,24H,2-3,8-9,11,20H2,1H3,(H,21,25). The molecule has 0 aliphatic carbocycles. The Balaban J connectivity index is 2.02. The van der Waals surface area contributed by atoms with Gasteiger partial charge in [-0.25, -0.2) is 4.68 Å². The Kier molecular flexibility index (Phi) is 6.54. The number of nitrogens with one attached hydrogen (secondary N) is 1. The number of aliphatic hydroxyl groups excluding tert-OH is 1. The van der Waals surface area contributed by atoms with Crippen molar-refractivity contribution in [3.8, 4) is 11.8 Å². The van der Waals surface area contributed by atoms with Gasteiger partial charge in [-0.3, -0.25) is 4.79 Å². The summed E-state index contributed by atoms with van der Waals surface area (Å²) in [4.78, 5) is 12.3. The summed E-state index contributed by atoms with van der Waals surface area (Å²) in [6.45, 7) is 2.77. The molecule has 7 heteroatoms. The molecule has 7 nitrogen and oxygen atoms in total. The van der Waals surface area contributed by atoms with Crippen LogP contribution in [-0.4, -0.2) is 33.9 Å². The lowest BCUT2D eigenvalue weighted by molar-refractivity contribution is 0.0943. The molecule has 0 saturated carbocycles. The number of carbonyl (C=O) groups is 1. The predicted octanol–water partition coefficient (Wildman–Crippen LogP) is 1.85. The van der Waals surface area contributed by atoms with Crippen molar-refractivity contribution in [1.29, 1.82) is 5.26 Å². The maximum Gasteiger partial charge on any atom is 0.251 e. The largest absolute Gasteiger partial charge is 0.396 e. The molecule has 0 radical (unpaired) electrons. The first-order chi connectivity index (χ1) is 12.1. The number of amides is 1. The van der Waals surface area contributed by atoms with Crippen LogP contribution < -0.4 is 11.1 Å². The molecule has 1 atom stereocenters. The van der Waals surface area contributed by atoms with Crippen LogP contribution in [0.4, 0.5) is 5.82 Å². The third kappa shape index (κ3) is 4.58. The number of anilines is 1. The molecular formula is C18H23N5O2. The highest BCUT2D eigenvalue weighted by molar-refractivity contribution is 5.94. The zero-order valence-electron chi connectivity index (χ0n) is 14.3. The van der Waals surface area contributed by atoms with E-state index >= 15 is 0 Å². The highest BCUT2D eigenvalue weighted by Gasteiger charge is 2.12. The van der Waals surface area contributed by atoms with Crippen LogP contribution in [0.5, 0.6) is 0 Å². The second kappa shape index (κ2) is 8.85.